The second-order valence-electron chi connectivity index (χ2n) is 7.08. The third kappa shape index (κ3) is 6.02. The van der Waals surface area contributed by atoms with Crippen LogP contribution in [0.1, 0.15) is 11.1 Å². The van der Waals surface area contributed by atoms with Crippen LogP contribution in [-0.2, 0) is 6.54 Å². The van der Waals surface area contributed by atoms with Crippen LogP contribution >= 0.6 is 11.8 Å². The predicted octanol–water partition coefficient (Wildman–Crippen LogP) is 5.12. The molecule has 0 saturated carbocycles. The topological polar surface area (TPSA) is 15.7 Å². The van der Waals surface area contributed by atoms with E-state index in [-0.39, 0.29) is 5.82 Å². The van der Waals surface area contributed by atoms with Gasteiger partial charge in [-0.1, -0.05) is 12.1 Å². The smallest absolute Gasteiger partial charge is 0.398 e. The molecule has 0 aromatic heterocycles. The molecule has 2 aromatic carbocycles. The van der Waals surface area contributed by atoms with Gasteiger partial charge in [0.05, 0.1) is 18.6 Å². The molecule has 0 amide bonds. The van der Waals surface area contributed by atoms with Crippen molar-refractivity contribution in [2.75, 3.05) is 43.9 Å². The zero-order chi connectivity index (χ0) is 21.0. The Balaban J connectivity index is 1.62. The summed E-state index contributed by atoms with van der Waals surface area (Å²) in [7, 11) is 1.63. The van der Waals surface area contributed by atoms with E-state index in [0.29, 0.717) is 41.0 Å². The van der Waals surface area contributed by atoms with Crippen molar-refractivity contribution in [2.45, 2.75) is 24.5 Å². The summed E-state index contributed by atoms with van der Waals surface area (Å²) in [5, 5.41) is 0. The van der Waals surface area contributed by atoms with Crippen LogP contribution in [-0.4, -0.2) is 50.1 Å². The minimum absolute atomic E-state index is 0.379. The van der Waals surface area contributed by atoms with Gasteiger partial charge in [-0.15, -0.1) is 11.8 Å². The number of benzene rings is 2. The van der Waals surface area contributed by atoms with E-state index in [9.17, 15) is 17.6 Å². The number of ether oxygens (including phenoxy) is 1. The fraction of sp³-hybridized carbons (Fsp3) is 0.429. The van der Waals surface area contributed by atoms with Crippen LogP contribution in [0, 0.1) is 12.7 Å². The molecule has 1 fully saturated rings. The lowest BCUT2D eigenvalue weighted by Crippen LogP contribution is -2.46. The number of methoxy groups -OCH3 is 1. The summed E-state index contributed by atoms with van der Waals surface area (Å²) in [6, 6.07) is 10.8. The van der Waals surface area contributed by atoms with E-state index in [2.05, 4.69) is 4.90 Å². The Morgan fingerprint density at radius 2 is 1.69 bits per heavy atom. The van der Waals surface area contributed by atoms with Crippen molar-refractivity contribution in [1.82, 2.24) is 4.90 Å². The molecule has 0 atom stereocenters. The Morgan fingerprint density at radius 1 is 1.03 bits per heavy atom. The lowest BCUT2D eigenvalue weighted by molar-refractivity contribution is -0.105. The minimum Gasteiger partial charge on any atom is -0.497 e. The molecule has 3 nitrogen and oxygen atoms in total. The van der Waals surface area contributed by atoms with E-state index < -0.39 is 11.9 Å². The molecule has 3 rings (SSSR count). The standard InChI is InChI=1S/C21H24F4N2OS/c1-15-11-18(22)19(12-20(15)29-14-21(23,24)25)27-9-7-26(8-10-27)13-16-3-5-17(28-2)6-4-16/h3-6,11-12H,7-10,13-14H2,1-2H3. The Morgan fingerprint density at radius 3 is 2.28 bits per heavy atom. The Bertz CT molecular complexity index is 819. The predicted molar refractivity (Wildman–Crippen MR) is 108 cm³/mol. The van der Waals surface area contributed by atoms with Crippen molar-refractivity contribution in [3.63, 3.8) is 0 Å². The number of piperazine rings is 1. The SMILES string of the molecule is COc1ccc(CN2CCN(c3cc(SCC(F)(F)F)c(C)cc3F)CC2)cc1. The highest BCUT2D eigenvalue weighted by Gasteiger charge is 2.28. The van der Waals surface area contributed by atoms with E-state index in [1.807, 2.05) is 29.2 Å². The maximum Gasteiger partial charge on any atom is 0.398 e. The molecule has 0 radical (unpaired) electrons. The zero-order valence-electron chi connectivity index (χ0n) is 16.4. The summed E-state index contributed by atoms with van der Waals surface area (Å²) < 4.78 is 57.3. The maximum absolute atomic E-state index is 14.5. The van der Waals surface area contributed by atoms with E-state index in [1.54, 1.807) is 20.1 Å². The van der Waals surface area contributed by atoms with Crippen molar-refractivity contribution < 1.29 is 22.3 Å². The van der Waals surface area contributed by atoms with Crippen molar-refractivity contribution in [3.8, 4) is 5.75 Å². The summed E-state index contributed by atoms with van der Waals surface area (Å²) in [5.41, 5.74) is 2.08. The molecule has 1 aliphatic rings. The van der Waals surface area contributed by atoms with Crippen molar-refractivity contribution in [3.05, 3.63) is 53.3 Å². The molecule has 0 spiro atoms. The van der Waals surface area contributed by atoms with E-state index >= 15 is 0 Å². The second-order valence-corrected chi connectivity index (χ2v) is 8.10. The number of hydrogen-bond donors (Lipinski definition) is 0. The zero-order valence-corrected chi connectivity index (χ0v) is 17.2. The number of halogens is 4. The van der Waals surface area contributed by atoms with E-state index in [4.69, 9.17) is 4.74 Å². The number of anilines is 1. The van der Waals surface area contributed by atoms with E-state index in [0.717, 1.165) is 25.4 Å². The van der Waals surface area contributed by atoms with Gasteiger partial charge in [-0.3, -0.25) is 4.90 Å². The first-order valence-electron chi connectivity index (χ1n) is 9.35. The van der Waals surface area contributed by atoms with Crippen LogP contribution in [0.25, 0.3) is 0 Å². The maximum atomic E-state index is 14.5. The van der Waals surface area contributed by atoms with Gasteiger partial charge in [0.15, 0.2) is 0 Å². The molecule has 29 heavy (non-hydrogen) atoms. The number of rotatable bonds is 6. The third-order valence-corrected chi connectivity index (χ3v) is 6.14. The molecular formula is C21H24F4N2OS. The average molecular weight is 428 g/mol. The monoisotopic (exact) mass is 428 g/mol. The Hall–Kier alpha value is -1.93. The minimum atomic E-state index is -4.25. The van der Waals surface area contributed by atoms with Crippen LogP contribution in [0.3, 0.4) is 0 Å². The number of alkyl halides is 3. The van der Waals surface area contributed by atoms with Gasteiger partial charge in [-0.2, -0.15) is 13.2 Å². The number of nitrogens with zero attached hydrogens (tertiary/aromatic N) is 2. The molecule has 1 saturated heterocycles. The highest BCUT2D eigenvalue weighted by atomic mass is 32.2. The summed E-state index contributed by atoms with van der Waals surface area (Å²) in [5.74, 6) is -0.552. The van der Waals surface area contributed by atoms with Gasteiger partial charge in [0.1, 0.15) is 11.6 Å². The van der Waals surface area contributed by atoms with Crippen molar-refractivity contribution >= 4 is 17.4 Å². The number of aryl methyl sites for hydroxylation is 1. The highest BCUT2D eigenvalue weighted by molar-refractivity contribution is 7.99. The Labute approximate surface area is 172 Å². The van der Waals surface area contributed by atoms with Gasteiger partial charge in [-0.25, -0.2) is 4.39 Å². The van der Waals surface area contributed by atoms with Gasteiger partial charge in [0.25, 0.3) is 0 Å². The Kier molecular flexibility index (Phi) is 6.95. The molecule has 0 aliphatic carbocycles. The van der Waals surface area contributed by atoms with Gasteiger partial charge in [0, 0.05) is 37.6 Å². The van der Waals surface area contributed by atoms with Crippen LogP contribution < -0.4 is 9.64 Å². The molecule has 2 aromatic rings. The van der Waals surface area contributed by atoms with Crippen LogP contribution in [0.2, 0.25) is 0 Å². The molecular weight excluding hydrogens is 404 g/mol. The first-order chi connectivity index (χ1) is 13.7. The van der Waals surface area contributed by atoms with Gasteiger partial charge in [-0.05, 0) is 42.3 Å². The molecule has 1 heterocycles. The summed E-state index contributed by atoms with van der Waals surface area (Å²) in [6.45, 7) is 5.19. The number of thioether (sulfide) groups is 1. The van der Waals surface area contributed by atoms with Gasteiger partial charge in [0.2, 0.25) is 0 Å². The fourth-order valence-electron chi connectivity index (χ4n) is 3.34. The first kappa shape index (κ1) is 21.8. The fourth-order valence-corrected chi connectivity index (χ4v) is 4.14. The lowest BCUT2D eigenvalue weighted by Gasteiger charge is -2.36. The largest absolute Gasteiger partial charge is 0.497 e. The van der Waals surface area contributed by atoms with Crippen LogP contribution in [0.4, 0.5) is 23.2 Å². The van der Waals surface area contributed by atoms with Crippen molar-refractivity contribution in [2.24, 2.45) is 0 Å². The number of hydrogen-bond acceptors (Lipinski definition) is 4. The van der Waals surface area contributed by atoms with Crippen LogP contribution in [0.15, 0.2) is 41.3 Å². The summed E-state index contributed by atoms with van der Waals surface area (Å²) in [4.78, 5) is 4.67. The van der Waals surface area contributed by atoms with E-state index in [1.165, 1.54) is 11.6 Å². The molecule has 0 bridgehead atoms. The average Bonchev–Trinajstić information content (AvgIpc) is 2.68. The molecule has 0 N–H and O–H groups in total. The normalized spacial score (nSPS) is 15.6. The molecule has 8 heteroatoms. The third-order valence-electron chi connectivity index (χ3n) is 4.91. The van der Waals surface area contributed by atoms with Gasteiger partial charge < -0.3 is 9.64 Å². The molecule has 158 valence electrons. The summed E-state index contributed by atoms with van der Waals surface area (Å²) in [6.07, 6.45) is -4.25. The quantitative estimate of drug-likeness (QED) is 0.469. The molecule has 0 unspecified atom stereocenters. The summed E-state index contributed by atoms with van der Waals surface area (Å²) >= 11 is 0.707. The molecule has 1 aliphatic heterocycles. The first-order valence-corrected chi connectivity index (χ1v) is 10.3. The second kappa shape index (κ2) is 9.26. The highest BCUT2D eigenvalue weighted by Crippen LogP contribution is 2.34. The van der Waals surface area contributed by atoms with Crippen LogP contribution in [0.5, 0.6) is 5.75 Å². The van der Waals surface area contributed by atoms with Crippen molar-refractivity contribution in [1.29, 1.82) is 0 Å². The lowest BCUT2D eigenvalue weighted by atomic mass is 10.1. The van der Waals surface area contributed by atoms with Gasteiger partial charge >= 0.3 is 6.18 Å².